The van der Waals surface area contributed by atoms with Gasteiger partial charge in [0.2, 0.25) is 0 Å². The van der Waals surface area contributed by atoms with Gasteiger partial charge >= 0.3 is 0 Å². The molecule has 1 nitrogen and oxygen atoms in total. The average molecular weight is 218 g/mol. The minimum absolute atomic E-state index is 0.257. The number of hydrogen-bond donors (Lipinski definition) is 0. The number of allylic oxidation sites excluding steroid dienone is 6. The molecule has 16 heavy (non-hydrogen) atoms. The highest BCUT2D eigenvalue weighted by molar-refractivity contribution is 5.90. The molecule has 0 aromatic rings. The van der Waals surface area contributed by atoms with Crippen molar-refractivity contribution >= 4 is 5.78 Å². The van der Waals surface area contributed by atoms with Crippen molar-refractivity contribution in [2.24, 2.45) is 11.8 Å². The maximum atomic E-state index is 11.7. The molecule has 0 radical (unpaired) electrons. The second-order valence-electron chi connectivity index (χ2n) is 5.08. The Hall–Kier alpha value is -1.11. The fraction of sp³-hybridized carbons (Fsp3) is 0.533. The van der Waals surface area contributed by atoms with Gasteiger partial charge in [-0.3, -0.25) is 4.79 Å². The Kier molecular flexibility index (Phi) is 4.72. The van der Waals surface area contributed by atoms with Gasteiger partial charge in [0.15, 0.2) is 5.78 Å². The van der Waals surface area contributed by atoms with Crippen LogP contribution in [0.1, 0.15) is 40.5 Å². The topological polar surface area (TPSA) is 17.1 Å². The maximum absolute atomic E-state index is 11.7. The number of ketones is 1. The molecule has 0 aliphatic heterocycles. The van der Waals surface area contributed by atoms with E-state index in [2.05, 4.69) is 32.1 Å². The monoisotopic (exact) mass is 218 g/mol. The van der Waals surface area contributed by atoms with Gasteiger partial charge in [-0.05, 0) is 45.1 Å². The van der Waals surface area contributed by atoms with Gasteiger partial charge in [-0.2, -0.15) is 0 Å². The summed E-state index contributed by atoms with van der Waals surface area (Å²) in [5.74, 6) is 1.22. The van der Waals surface area contributed by atoms with Gasteiger partial charge < -0.3 is 0 Å². The van der Waals surface area contributed by atoms with Crippen LogP contribution in [-0.4, -0.2) is 5.78 Å². The minimum atomic E-state index is 0.257. The van der Waals surface area contributed by atoms with E-state index in [9.17, 15) is 4.79 Å². The predicted octanol–water partition coefficient (Wildman–Crippen LogP) is 4.07. The van der Waals surface area contributed by atoms with E-state index in [0.29, 0.717) is 18.3 Å². The lowest BCUT2D eigenvalue weighted by Crippen LogP contribution is -2.14. The van der Waals surface area contributed by atoms with Crippen molar-refractivity contribution in [2.45, 2.75) is 40.5 Å². The quantitative estimate of drug-likeness (QED) is 0.650. The van der Waals surface area contributed by atoms with Crippen LogP contribution in [0.3, 0.4) is 0 Å². The Morgan fingerprint density at radius 3 is 2.75 bits per heavy atom. The van der Waals surface area contributed by atoms with E-state index in [1.54, 1.807) is 6.08 Å². The third-order valence-corrected chi connectivity index (χ3v) is 3.02. The molecule has 0 unspecified atom stereocenters. The zero-order chi connectivity index (χ0) is 12.1. The fourth-order valence-corrected chi connectivity index (χ4v) is 2.02. The summed E-state index contributed by atoms with van der Waals surface area (Å²) < 4.78 is 0. The Morgan fingerprint density at radius 2 is 2.25 bits per heavy atom. The van der Waals surface area contributed by atoms with Crippen LogP contribution in [0.2, 0.25) is 0 Å². The lowest BCUT2D eigenvalue weighted by Gasteiger charge is -2.21. The van der Waals surface area contributed by atoms with Crippen LogP contribution < -0.4 is 0 Å². The van der Waals surface area contributed by atoms with Gasteiger partial charge in [0.05, 0.1) is 0 Å². The van der Waals surface area contributed by atoms with Crippen molar-refractivity contribution in [2.75, 3.05) is 0 Å². The molecule has 0 heterocycles. The molecule has 0 aromatic carbocycles. The van der Waals surface area contributed by atoms with Gasteiger partial charge in [-0.15, -0.1) is 0 Å². The summed E-state index contributed by atoms with van der Waals surface area (Å²) >= 11 is 0. The van der Waals surface area contributed by atoms with Crippen LogP contribution in [0.4, 0.5) is 0 Å². The lowest BCUT2D eigenvalue weighted by atomic mass is 9.84. The molecular formula is C15H22O. The molecule has 1 rings (SSSR count). The van der Waals surface area contributed by atoms with E-state index in [1.807, 2.05) is 13.8 Å². The number of carbonyl (C=O) groups is 1. The second-order valence-corrected chi connectivity index (χ2v) is 5.08. The molecule has 0 bridgehead atoms. The van der Waals surface area contributed by atoms with Crippen molar-refractivity contribution in [1.82, 2.24) is 0 Å². The largest absolute Gasteiger partial charge is 0.295 e. The van der Waals surface area contributed by atoms with E-state index >= 15 is 0 Å². The number of carbonyl (C=O) groups excluding carboxylic acids is 1. The molecule has 0 saturated heterocycles. The normalized spacial score (nSPS) is 21.2. The van der Waals surface area contributed by atoms with Gasteiger partial charge in [0.1, 0.15) is 0 Å². The van der Waals surface area contributed by atoms with E-state index in [1.165, 1.54) is 5.57 Å². The molecule has 0 N–H and O–H groups in total. The van der Waals surface area contributed by atoms with Gasteiger partial charge in [0, 0.05) is 6.42 Å². The molecule has 2 atom stereocenters. The highest BCUT2D eigenvalue weighted by Gasteiger charge is 2.17. The second kappa shape index (κ2) is 5.83. The van der Waals surface area contributed by atoms with E-state index < -0.39 is 0 Å². The molecule has 88 valence electrons. The van der Waals surface area contributed by atoms with Crippen LogP contribution in [0.15, 0.2) is 35.5 Å². The number of rotatable bonds is 4. The van der Waals surface area contributed by atoms with Crippen molar-refractivity contribution in [1.29, 1.82) is 0 Å². The summed E-state index contributed by atoms with van der Waals surface area (Å²) in [5.41, 5.74) is 2.42. The van der Waals surface area contributed by atoms with Crippen LogP contribution in [0.5, 0.6) is 0 Å². The van der Waals surface area contributed by atoms with Gasteiger partial charge in [-0.1, -0.05) is 36.3 Å². The Bertz CT molecular complexity index is 340. The zero-order valence-electron chi connectivity index (χ0n) is 10.8. The predicted molar refractivity (Wildman–Crippen MR) is 69.2 cm³/mol. The van der Waals surface area contributed by atoms with Gasteiger partial charge in [-0.25, -0.2) is 0 Å². The smallest absolute Gasteiger partial charge is 0.155 e. The first-order valence-corrected chi connectivity index (χ1v) is 6.01. The standard InChI is InChI=1S/C15H22O/c1-11(2)9-15(16)10-13(4)14-7-5-12(3)6-8-14/h5-7,9,13-14H,8,10H2,1-4H3/t13-,14-/m1/s1. The minimum Gasteiger partial charge on any atom is -0.295 e. The molecule has 0 spiro atoms. The third kappa shape index (κ3) is 4.18. The van der Waals surface area contributed by atoms with Gasteiger partial charge in [0.25, 0.3) is 0 Å². The zero-order valence-corrected chi connectivity index (χ0v) is 10.8. The summed E-state index contributed by atoms with van der Waals surface area (Å²) in [6.45, 7) is 8.22. The molecule has 0 amide bonds. The summed E-state index contributed by atoms with van der Waals surface area (Å²) in [4.78, 5) is 11.7. The maximum Gasteiger partial charge on any atom is 0.155 e. The lowest BCUT2D eigenvalue weighted by molar-refractivity contribution is -0.115. The first-order chi connectivity index (χ1) is 7.49. The van der Waals surface area contributed by atoms with Crippen LogP contribution in [-0.2, 0) is 4.79 Å². The van der Waals surface area contributed by atoms with Crippen LogP contribution >= 0.6 is 0 Å². The molecule has 0 aromatic heterocycles. The van der Waals surface area contributed by atoms with Crippen LogP contribution in [0, 0.1) is 11.8 Å². The molecule has 0 fully saturated rings. The summed E-state index contributed by atoms with van der Waals surface area (Å²) in [7, 11) is 0. The average Bonchev–Trinajstić information content (AvgIpc) is 2.16. The fourth-order valence-electron chi connectivity index (χ4n) is 2.02. The Balaban J connectivity index is 2.48. The van der Waals surface area contributed by atoms with Crippen LogP contribution in [0.25, 0.3) is 0 Å². The Morgan fingerprint density at radius 1 is 1.56 bits per heavy atom. The molecular weight excluding hydrogens is 196 g/mol. The SMILES string of the molecule is CC(C)=CC(=O)C[C@@H](C)[C@@H]1C=CC(C)=CC1. The molecule has 0 saturated carbocycles. The summed E-state index contributed by atoms with van der Waals surface area (Å²) in [6.07, 6.45) is 10.2. The molecule has 1 aliphatic carbocycles. The molecule has 1 heteroatoms. The van der Waals surface area contributed by atoms with E-state index in [0.717, 1.165) is 12.0 Å². The summed E-state index contributed by atoms with van der Waals surface area (Å²) in [6, 6.07) is 0. The van der Waals surface area contributed by atoms with Crippen molar-refractivity contribution in [3.05, 3.63) is 35.5 Å². The van der Waals surface area contributed by atoms with Crippen molar-refractivity contribution in [3.8, 4) is 0 Å². The van der Waals surface area contributed by atoms with E-state index in [-0.39, 0.29) is 5.78 Å². The highest BCUT2D eigenvalue weighted by atomic mass is 16.1. The van der Waals surface area contributed by atoms with Crippen molar-refractivity contribution in [3.63, 3.8) is 0 Å². The first-order valence-electron chi connectivity index (χ1n) is 6.01. The summed E-state index contributed by atoms with van der Waals surface area (Å²) in [5, 5.41) is 0. The highest BCUT2D eigenvalue weighted by Crippen LogP contribution is 2.26. The Labute approximate surface area is 98.9 Å². The number of hydrogen-bond acceptors (Lipinski definition) is 1. The molecule has 1 aliphatic rings. The third-order valence-electron chi connectivity index (χ3n) is 3.02. The van der Waals surface area contributed by atoms with E-state index in [4.69, 9.17) is 0 Å². The van der Waals surface area contributed by atoms with Crippen molar-refractivity contribution < 1.29 is 4.79 Å². The first kappa shape index (κ1) is 13.0.